The highest BCUT2D eigenvalue weighted by Crippen LogP contribution is 2.57. The van der Waals surface area contributed by atoms with Gasteiger partial charge >= 0.3 is 0 Å². The van der Waals surface area contributed by atoms with Gasteiger partial charge in [0, 0.05) is 6.42 Å². The molecule has 0 radical (unpaired) electrons. The minimum Gasteiger partial charge on any atom is -0.393 e. The van der Waals surface area contributed by atoms with E-state index in [0.29, 0.717) is 24.7 Å². The molecule has 32 heavy (non-hydrogen) atoms. The van der Waals surface area contributed by atoms with Crippen LogP contribution in [0.2, 0.25) is 0 Å². The lowest BCUT2D eigenvalue weighted by atomic mass is 9.62. The molecule has 2 saturated carbocycles. The molecule has 0 amide bonds. The molecule has 0 aromatic heterocycles. The van der Waals surface area contributed by atoms with Crippen molar-refractivity contribution in [2.75, 3.05) is 0 Å². The lowest BCUT2D eigenvalue weighted by Gasteiger charge is -2.42. The molecule has 0 aromatic carbocycles. The lowest BCUT2D eigenvalue weighted by Crippen LogP contribution is -2.32. The second kappa shape index (κ2) is 10.2. The molecule has 0 heterocycles. The monoisotopic (exact) mass is 440 g/mol. The van der Waals surface area contributed by atoms with Crippen LogP contribution in [-0.2, 0) is 0 Å². The molecule has 3 rings (SSSR count). The van der Waals surface area contributed by atoms with Crippen molar-refractivity contribution in [2.45, 2.75) is 103 Å². The van der Waals surface area contributed by atoms with Crippen molar-refractivity contribution in [1.29, 1.82) is 0 Å². The maximum Gasteiger partial charge on any atom is 0.0822 e. The molecular weight excluding hydrogens is 396 g/mol. The van der Waals surface area contributed by atoms with Crippen LogP contribution in [-0.4, -0.2) is 33.1 Å². The van der Waals surface area contributed by atoms with Gasteiger partial charge in [0.2, 0.25) is 0 Å². The Hall–Kier alpha value is -1.42. The van der Waals surface area contributed by atoms with Crippen molar-refractivity contribution < 1.29 is 15.3 Å². The van der Waals surface area contributed by atoms with Gasteiger partial charge in [0.15, 0.2) is 0 Å². The summed E-state index contributed by atoms with van der Waals surface area (Å²) in [4.78, 5) is 0. The Bertz CT molecular complexity index is 810. The standard InChI is InChI=1S/C29H44O3/c1-6-29(32,7-2)17-8-10-20(3)25-14-15-26-22(11-9-16-28(25,26)5)12-13-23-18-24(30)19-27(31)21(23)4/h8,12-14,17,20,24,26-27,30-32H,4,6-7,9-11,15-16,18-19H2,1-3,5H3/b17-8+,22-12+,23-13-. The van der Waals surface area contributed by atoms with Crippen LogP contribution < -0.4 is 0 Å². The molecule has 3 aliphatic rings. The van der Waals surface area contributed by atoms with Crippen molar-refractivity contribution >= 4 is 0 Å². The number of aliphatic hydroxyl groups is 3. The Morgan fingerprint density at radius 1 is 1.25 bits per heavy atom. The summed E-state index contributed by atoms with van der Waals surface area (Å²) in [5.74, 6) is 1.00. The van der Waals surface area contributed by atoms with Crippen LogP contribution in [0.15, 0.2) is 59.3 Å². The summed E-state index contributed by atoms with van der Waals surface area (Å²) in [6.45, 7) is 12.9. The predicted molar refractivity (Wildman–Crippen MR) is 133 cm³/mol. The van der Waals surface area contributed by atoms with Crippen molar-refractivity contribution in [3.05, 3.63) is 59.3 Å². The first-order valence-corrected chi connectivity index (χ1v) is 12.7. The normalized spacial score (nSPS) is 34.9. The quantitative estimate of drug-likeness (QED) is 0.414. The summed E-state index contributed by atoms with van der Waals surface area (Å²) in [6.07, 6.45) is 18.0. The number of fused-ring (bicyclic) bond motifs is 1. The number of hydrogen-bond donors (Lipinski definition) is 3. The molecule has 0 aliphatic heterocycles. The Morgan fingerprint density at radius 3 is 2.66 bits per heavy atom. The first kappa shape index (κ1) is 25.2. The van der Waals surface area contributed by atoms with Gasteiger partial charge in [-0.05, 0) is 79.8 Å². The number of aliphatic hydroxyl groups excluding tert-OH is 2. The summed E-state index contributed by atoms with van der Waals surface area (Å²) in [5.41, 5.74) is 4.35. The van der Waals surface area contributed by atoms with Crippen LogP contribution in [0.4, 0.5) is 0 Å². The zero-order valence-electron chi connectivity index (χ0n) is 20.6. The van der Waals surface area contributed by atoms with E-state index in [9.17, 15) is 15.3 Å². The summed E-state index contributed by atoms with van der Waals surface area (Å²) >= 11 is 0. The van der Waals surface area contributed by atoms with E-state index in [4.69, 9.17) is 0 Å². The lowest BCUT2D eigenvalue weighted by molar-refractivity contribution is 0.0823. The summed E-state index contributed by atoms with van der Waals surface area (Å²) in [6, 6.07) is 0. The number of hydrogen-bond acceptors (Lipinski definition) is 3. The van der Waals surface area contributed by atoms with Gasteiger partial charge in [-0.15, -0.1) is 0 Å². The summed E-state index contributed by atoms with van der Waals surface area (Å²) < 4.78 is 0. The third kappa shape index (κ3) is 5.21. The molecule has 2 fully saturated rings. The SMILES string of the molecule is C=C1/C(=C\C=C2/CCCC3(C)C(C(C)C/C=C/C(O)(CC)CC)=CCC23)CC(O)CC1O. The minimum absolute atomic E-state index is 0.199. The highest BCUT2D eigenvalue weighted by Gasteiger charge is 2.45. The molecule has 0 spiro atoms. The maximum absolute atomic E-state index is 10.5. The number of allylic oxidation sites excluding steroid dienone is 6. The zero-order valence-corrected chi connectivity index (χ0v) is 20.6. The fraction of sp³-hybridized carbons (Fsp3) is 0.655. The minimum atomic E-state index is -0.672. The first-order chi connectivity index (χ1) is 15.1. The van der Waals surface area contributed by atoms with E-state index in [-0.39, 0.29) is 5.41 Å². The molecule has 3 heteroatoms. The third-order valence-electron chi connectivity index (χ3n) is 8.55. The van der Waals surface area contributed by atoms with E-state index in [2.05, 4.69) is 44.7 Å². The molecule has 0 bridgehead atoms. The van der Waals surface area contributed by atoms with Crippen LogP contribution >= 0.6 is 0 Å². The van der Waals surface area contributed by atoms with Crippen LogP contribution in [0.1, 0.15) is 85.5 Å². The van der Waals surface area contributed by atoms with Gasteiger partial charge in [0.1, 0.15) is 0 Å². The van der Waals surface area contributed by atoms with Gasteiger partial charge in [0.25, 0.3) is 0 Å². The van der Waals surface area contributed by atoms with E-state index < -0.39 is 17.8 Å². The van der Waals surface area contributed by atoms with Gasteiger partial charge in [-0.1, -0.05) is 75.8 Å². The largest absolute Gasteiger partial charge is 0.393 e. The van der Waals surface area contributed by atoms with Gasteiger partial charge in [-0.3, -0.25) is 0 Å². The highest BCUT2D eigenvalue weighted by molar-refractivity contribution is 5.40. The predicted octanol–water partition coefficient (Wildman–Crippen LogP) is 6.18. The molecule has 3 aliphatic carbocycles. The van der Waals surface area contributed by atoms with Crippen LogP contribution in [0.5, 0.6) is 0 Å². The molecule has 3 N–H and O–H groups in total. The van der Waals surface area contributed by atoms with E-state index in [1.165, 1.54) is 18.4 Å². The van der Waals surface area contributed by atoms with Crippen LogP contribution in [0, 0.1) is 17.3 Å². The Morgan fingerprint density at radius 2 is 1.97 bits per heavy atom. The van der Waals surface area contributed by atoms with Crippen molar-refractivity contribution in [3.63, 3.8) is 0 Å². The average Bonchev–Trinajstić information content (AvgIpc) is 3.12. The Labute approximate surface area is 195 Å². The molecule has 0 aromatic rings. The van der Waals surface area contributed by atoms with Gasteiger partial charge in [-0.25, -0.2) is 0 Å². The van der Waals surface area contributed by atoms with E-state index in [1.54, 1.807) is 5.57 Å². The summed E-state index contributed by atoms with van der Waals surface area (Å²) in [7, 11) is 0. The Kier molecular flexibility index (Phi) is 8.06. The van der Waals surface area contributed by atoms with E-state index in [0.717, 1.165) is 43.3 Å². The zero-order chi connectivity index (χ0) is 23.5. The smallest absolute Gasteiger partial charge is 0.0822 e. The van der Waals surface area contributed by atoms with Crippen molar-refractivity contribution in [3.8, 4) is 0 Å². The molecule has 5 atom stereocenters. The van der Waals surface area contributed by atoms with Crippen molar-refractivity contribution in [1.82, 2.24) is 0 Å². The first-order valence-electron chi connectivity index (χ1n) is 12.7. The molecule has 0 saturated heterocycles. The van der Waals surface area contributed by atoms with E-state index >= 15 is 0 Å². The third-order valence-corrected chi connectivity index (χ3v) is 8.55. The van der Waals surface area contributed by atoms with Crippen LogP contribution in [0.25, 0.3) is 0 Å². The van der Waals surface area contributed by atoms with Crippen LogP contribution in [0.3, 0.4) is 0 Å². The molecule has 178 valence electrons. The molecule has 3 nitrogen and oxygen atoms in total. The molecule has 5 unspecified atom stereocenters. The number of rotatable bonds is 7. The second-order valence-corrected chi connectivity index (χ2v) is 10.6. The van der Waals surface area contributed by atoms with E-state index in [1.807, 2.05) is 19.9 Å². The fourth-order valence-corrected chi connectivity index (χ4v) is 6.19. The maximum atomic E-state index is 10.5. The highest BCUT2D eigenvalue weighted by atomic mass is 16.3. The topological polar surface area (TPSA) is 60.7 Å². The average molecular weight is 441 g/mol. The Balaban J connectivity index is 1.73. The second-order valence-electron chi connectivity index (χ2n) is 10.6. The van der Waals surface area contributed by atoms with Crippen molar-refractivity contribution in [2.24, 2.45) is 17.3 Å². The van der Waals surface area contributed by atoms with Gasteiger partial charge in [-0.2, -0.15) is 0 Å². The fourth-order valence-electron chi connectivity index (χ4n) is 6.19. The van der Waals surface area contributed by atoms with Gasteiger partial charge in [0.05, 0.1) is 17.8 Å². The summed E-state index contributed by atoms with van der Waals surface area (Å²) in [5, 5.41) is 30.7. The van der Waals surface area contributed by atoms with Gasteiger partial charge < -0.3 is 15.3 Å². The molecular formula is C29H44O3.